The van der Waals surface area contributed by atoms with E-state index in [9.17, 15) is 40.2 Å². The average Bonchev–Trinajstić information content (AvgIpc) is 3.18. The first kappa shape index (κ1) is 48.0. The summed E-state index contributed by atoms with van der Waals surface area (Å²) in [7, 11) is 1.59. The summed E-state index contributed by atoms with van der Waals surface area (Å²) in [5.74, 6) is 0.537. The van der Waals surface area contributed by atoms with Gasteiger partial charge in [0.15, 0.2) is 12.1 Å². The van der Waals surface area contributed by atoms with Crippen molar-refractivity contribution in [2.75, 3.05) is 20.3 Å². The molecule has 1 aliphatic rings. The molecule has 0 aliphatic carbocycles. The minimum absolute atomic E-state index is 0.127. The minimum atomic E-state index is -1.63. The van der Waals surface area contributed by atoms with Crippen LogP contribution in [0.3, 0.4) is 0 Å². The number of aliphatic hydroxyl groups is 6. The van der Waals surface area contributed by atoms with E-state index >= 15 is 0 Å². The van der Waals surface area contributed by atoms with Crippen LogP contribution < -0.4 is 10.1 Å². The molecule has 0 radical (unpaired) electrons. The largest absolute Gasteiger partial charge is 0.497 e. The van der Waals surface area contributed by atoms with Crippen molar-refractivity contribution in [2.24, 2.45) is 0 Å². The van der Waals surface area contributed by atoms with Gasteiger partial charge in [-0.15, -0.1) is 0 Å². The number of aliphatic hydroxyl groups excluding tert-OH is 6. The summed E-state index contributed by atoms with van der Waals surface area (Å²) in [5.41, 5.74) is 0.693. The molecule has 0 spiro atoms. The number of ether oxygens (including phenoxy) is 3. The number of hydrogen-bond acceptors (Lipinski definition) is 11. The standard InChI is InChI=1S/C42H73NO11/c1-3-4-5-6-7-8-9-10-11-13-17-20-23-35(46)38(48)33(30-53-42-41(51)40(50)39(49)36(29-44)54-42)43-37(47)24-21-18-15-12-14-16-19-22-34(45)31-25-27-32(52-2)28-26-31/h25-28,33,35-36,38-42,44,46,48-51H,3-24,29-30H2,1-2H3,(H,43,47)/t33-,35+,36?,38-,39-,40-,41?,42-/m0/s1. The number of methoxy groups -OCH3 is 1. The maximum absolute atomic E-state index is 13.0. The number of carbonyl (C=O) groups is 2. The second kappa shape index (κ2) is 29.1. The van der Waals surface area contributed by atoms with Crippen LogP contribution >= 0.6 is 0 Å². The lowest BCUT2D eigenvalue weighted by Crippen LogP contribution is -2.60. The van der Waals surface area contributed by atoms with Crippen LogP contribution in [-0.4, -0.2) is 112 Å². The van der Waals surface area contributed by atoms with Gasteiger partial charge in [0.05, 0.1) is 32.5 Å². The van der Waals surface area contributed by atoms with E-state index in [1.54, 1.807) is 31.4 Å². The molecule has 54 heavy (non-hydrogen) atoms. The molecule has 312 valence electrons. The molecule has 2 rings (SSSR count). The topological polar surface area (TPSA) is 195 Å². The molecule has 0 aromatic heterocycles. The number of unbranched alkanes of at least 4 members (excludes halogenated alkanes) is 17. The van der Waals surface area contributed by atoms with Gasteiger partial charge in [-0.2, -0.15) is 0 Å². The quantitative estimate of drug-likeness (QED) is 0.0361. The van der Waals surface area contributed by atoms with Crippen LogP contribution in [0.2, 0.25) is 0 Å². The van der Waals surface area contributed by atoms with E-state index in [2.05, 4.69) is 12.2 Å². The number of ketones is 1. The summed E-state index contributed by atoms with van der Waals surface area (Å²) in [6.45, 7) is 1.27. The molecule has 2 unspecified atom stereocenters. The third-order valence-corrected chi connectivity index (χ3v) is 10.5. The van der Waals surface area contributed by atoms with Gasteiger partial charge in [-0.05, 0) is 43.5 Å². The summed E-state index contributed by atoms with van der Waals surface area (Å²) in [6, 6.07) is 6.13. The number of Topliss-reactive ketones (excluding diaryl/α,β-unsaturated/α-hetero) is 1. The predicted octanol–water partition coefficient (Wildman–Crippen LogP) is 5.50. The SMILES string of the molecule is CCCCCCCCCCCCCC[C@@H](O)[C@@H](O)[C@H](CO[C@H]1OC(CO)[C@H](O)[C@H](O)C1O)NC(=O)CCCCCCCCCC(=O)c1ccc(OC)cc1. The lowest BCUT2D eigenvalue weighted by molar-refractivity contribution is -0.303. The number of nitrogens with one attached hydrogen (secondary N) is 1. The van der Waals surface area contributed by atoms with Crippen LogP contribution in [0.5, 0.6) is 5.75 Å². The fourth-order valence-corrected chi connectivity index (χ4v) is 6.92. The van der Waals surface area contributed by atoms with E-state index in [1.807, 2.05) is 0 Å². The second-order valence-corrected chi connectivity index (χ2v) is 15.1. The highest BCUT2D eigenvalue weighted by molar-refractivity contribution is 5.96. The summed E-state index contributed by atoms with van der Waals surface area (Å²) >= 11 is 0. The van der Waals surface area contributed by atoms with Crippen molar-refractivity contribution >= 4 is 11.7 Å². The molecule has 1 amide bonds. The average molecular weight is 768 g/mol. The molecule has 12 heteroatoms. The highest BCUT2D eigenvalue weighted by Crippen LogP contribution is 2.23. The molecule has 1 fully saturated rings. The Balaban J connectivity index is 1.73. The molecule has 7 N–H and O–H groups in total. The number of rotatable bonds is 32. The maximum Gasteiger partial charge on any atom is 0.220 e. The lowest BCUT2D eigenvalue weighted by atomic mass is 9.98. The maximum atomic E-state index is 13.0. The number of amides is 1. The van der Waals surface area contributed by atoms with Crippen molar-refractivity contribution in [2.45, 2.75) is 197 Å². The van der Waals surface area contributed by atoms with Gasteiger partial charge >= 0.3 is 0 Å². The van der Waals surface area contributed by atoms with Crippen LogP contribution in [0.15, 0.2) is 24.3 Å². The zero-order valence-electron chi connectivity index (χ0n) is 33.1. The minimum Gasteiger partial charge on any atom is -0.497 e. The predicted molar refractivity (Wildman–Crippen MR) is 208 cm³/mol. The van der Waals surface area contributed by atoms with Crippen LogP contribution in [-0.2, 0) is 14.3 Å². The summed E-state index contributed by atoms with van der Waals surface area (Å²) in [4.78, 5) is 25.4. The van der Waals surface area contributed by atoms with Gasteiger partial charge < -0.3 is 50.2 Å². The van der Waals surface area contributed by atoms with E-state index in [0.29, 0.717) is 24.8 Å². The third-order valence-electron chi connectivity index (χ3n) is 10.5. The van der Waals surface area contributed by atoms with Crippen molar-refractivity contribution in [1.29, 1.82) is 0 Å². The smallest absolute Gasteiger partial charge is 0.220 e. The Morgan fingerprint density at radius 3 is 1.78 bits per heavy atom. The van der Waals surface area contributed by atoms with E-state index in [4.69, 9.17) is 14.2 Å². The fourth-order valence-electron chi connectivity index (χ4n) is 6.92. The van der Waals surface area contributed by atoms with Gasteiger partial charge in [0, 0.05) is 18.4 Å². The second-order valence-electron chi connectivity index (χ2n) is 15.1. The first-order chi connectivity index (χ1) is 26.1. The van der Waals surface area contributed by atoms with Gasteiger partial charge in [-0.25, -0.2) is 0 Å². The monoisotopic (exact) mass is 768 g/mol. The Hall–Kier alpha value is -2.16. The van der Waals surface area contributed by atoms with Crippen molar-refractivity contribution in [3.05, 3.63) is 29.8 Å². The summed E-state index contributed by atoms with van der Waals surface area (Å²) in [6.07, 6.45) is 11.5. The molecular formula is C42H73NO11. The van der Waals surface area contributed by atoms with E-state index in [0.717, 1.165) is 70.0 Å². The molecule has 1 aromatic rings. The van der Waals surface area contributed by atoms with Crippen LogP contribution in [0.1, 0.15) is 159 Å². The van der Waals surface area contributed by atoms with Crippen LogP contribution in [0, 0.1) is 0 Å². The van der Waals surface area contributed by atoms with Gasteiger partial charge in [-0.1, -0.05) is 116 Å². The zero-order valence-corrected chi connectivity index (χ0v) is 33.1. The highest BCUT2D eigenvalue weighted by atomic mass is 16.7. The number of carbonyl (C=O) groups excluding carboxylic acids is 2. The van der Waals surface area contributed by atoms with E-state index in [-0.39, 0.29) is 24.7 Å². The van der Waals surface area contributed by atoms with Crippen LogP contribution in [0.25, 0.3) is 0 Å². The molecule has 0 saturated carbocycles. The van der Waals surface area contributed by atoms with Gasteiger partial charge in [0.1, 0.15) is 36.3 Å². The number of hydrogen-bond donors (Lipinski definition) is 7. The van der Waals surface area contributed by atoms with Gasteiger partial charge in [-0.3, -0.25) is 9.59 Å². The molecule has 8 atom stereocenters. The van der Waals surface area contributed by atoms with Crippen LogP contribution in [0.4, 0.5) is 0 Å². The molecule has 1 saturated heterocycles. The summed E-state index contributed by atoms with van der Waals surface area (Å²) in [5, 5.41) is 65.0. The van der Waals surface area contributed by atoms with E-state index in [1.165, 1.54) is 51.4 Å². The van der Waals surface area contributed by atoms with Gasteiger partial charge in [0.25, 0.3) is 0 Å². The van der Waals surface area contributed by atoms with Crippen molar-refractivity contribution < 1.29 is 54.4 Å². The first-order valence-corrected chi connectivity index (χ1v) is 20.9. The molecule has 1 aromatic carbocycles. The van der Waals surface area contributed by atoms with Gasteiger partial charge in [0.2, 0.25) is 5.91 Å². The van der Waals surface area contributed by atoms with Crippen molar-refractivity contribution in [3.8, 4) is 5.75 Å². The van der Waals surface area contributed by atoms with Crippen molar-refractivity contribution in [1.82, 2.24) is 5.32 Å². The van der Waals surface area contributed by atoms with Crippen molar-refractivity contribution in [3.63, 3.8) is 0 Å². The molecular weight excluding hydrogens is 694 g/mol. The lowest BCUT2D eigenvalue weighted by Gasteiger charge is -2.40. The Morgan fingerprint density at radius 1 is 0.722 bits per heavy atom. The molecule has 1 heterocycles. The zero-order chi connectivity index (χ0) is 39.6. The fraction of sp³-hybridized carbons (Fsp3) is 0.810. The Bertz CT molecular complexity index is 1100. The molecule has 12 nitrogen and oxygen atoms in total. The Labute approximate surface area is 324 Å². The Morgan fingerprint density at radius 2 is 1.24 bits per heavy atom. The van der Waals surface area contributed by atoms with E-state index < -0.39 is 55.6 Å². The summed E-state index contributed by atoms with van der Waals surface area (Å²) < 4.78 is 16.2. The first-order valence-electron chi connectivity index (χ1n) is 20.9. The third kappa shape index (κ3) is 19.1. The Kier molecular flexibility index (Phi) is 25.9. The molecule has 1 aliphatic heterocycles. The molecule has 0 bridgehead atoms. The highest BCUT2D eigenvalue weighted by Gasteiger charge is 2.44. The number of benzene rings is 1. The normalized spacial score (nSPS) is 21.7.